The molecule has 19 heavy (non-hydrogen) atoms. The minimum absolute atomic E-state index is 0.0446. The maximum atomic E-state index is 11.9. The molecule has 2 rings (SSSR count). The maximum Gasteiger partial charge on any atom is 0.237 e. The second-order valence-corrected chi connectivity index (χ2v) is 7.59. The zero-order valence-electron chi connectivity index (χ0n) is 13.0. The smallest absolute Gasteiger partial charge is 0.237 e. The Bertz CT molecular complexity index is 309. The van der Waals surface area contributed by atoms with Crippen LogP contribution in [0.3, 0.4) is 0 Å². The van der Waals surface area contributed by atoms with E-state index in [1.54, 1.807) is 0 Å². The summed E-state index contributed by atoms with van der Waals surface area (Å²) in [6.45, 7) is 9.03. The molecule has 2 aliphatic carbocycles. The molecule has 0 bridgehead atoms. The number of rotatable bonds is 4. The molecule has 0 radical (unpaired) electrons. The van der Waals surface area contributed by atoms with Crippen molar-refractivity contribution in [2.75, 3.05) is 0 Å². The summed E-state index contributed by atoms with van der Waals surface area (Å²) >= 11 is 0. The third-order valence-electron chi connectivity index (χ3n) is 4.75. The minimum Gasteiger partial charge on any atom is -0.352 e. The third kappa shape index (κ3) is 4.48. The van der Waals surface area contributed by atoms with Crippen LogP contribution in [-0.4, -0.2) is 24.0 Å². The van der Waals surface area contributed by atoms with Crippen molar-refractivity contribution < 1.29 is 4.79 Å². The molecule has 0 heterocycles. The van der Waals surface area contributed by atoms with Crippen molar-refractivity contribution >= 4 is 5.91 Å². The average molecular weight is 266 g/mol. The van der Waals surface area contributed by atoms with E-state index in [4.69, 9.17) is 0 Å². The van der Waals surface area contributed by atoms with E-state index < -0.39 is 0 Å². The molecule has 3 heteroatoms. The number of hydrogen-bond donors (Lipinski definition) is 2. The highest BCUT2D eigenvalue weighted by Gasteiger charge is 2.31. The standard InChI is InChI=1S/C16H30N2O/c1-11(15(19)18-14-9-10-14)17-13-7-5-12(6-8-13)16(2,3)4/h11-14,17H,5-10H2,1-4H3,(H,18,19). The van der Waals surface area contributed by atoms with Gasteiger partial charge < -0.3 is 10.6 Å². The van der Waals surface area contributed by atoms with E-state index in [9.17, 15) is 4.79 Å². The third-order valence-corrected chi connectivity index (χ3v) is 4.75. The molecule has 0 aromatic rings. The molecule has 2 N–H and O–H groups in total. The van der Waals surface area contributed by atoms with Crippen LogP contribution in [0.25, 0.3) is 0 Å². The molecule has 2 aliphatic rings. The van der Waals surface area contributed by atoms with Gasteiger partial charge in [-0.05, 0) is 56.8 Å². The highest BCUT2D eigenvalue weighted by Crippen LogP contribution is 2.37. The fourth-order valence-electron chi connectivity index (χ4n) is 3.11. The van der Waals surface area contributed by atoms with Crippen molar-refractivity contribution in [3.8, 4) is 0 Å². The quantitative estimate of drug-likeness (QED) is 0.821. The van der Waals surface area contributed by atoms with Gasteiger partial charge in [-0.3, -0.25) is 4.79 Å². The number of carbonyl (C=O) groups is 1. The van der Waals surface area contributed by atoms with Crippen LogP contribution < -0.4 is 10.6 Å². The lowest BCUT2D eigenvalue weighted by Crippen LogP contribution is -2.48. The first-order valence-electron chi connectivity index (χ1n) is 7.92. The van der Waals surface area contributed by atoms with Crippen molar-refractivity contribution in [1.82, 2.24) is 10.6 Å². The largest absolute Gasteiger partial charge is 0.352 e. The van der Waals surface area contributed by atoms with Gasteiger partial charge in [-0.2, -0.15) is 0 Å². The SMILES string of the molecule is CC(NC1CCC(C(C)(C)C)CC1)C(=O)NC1CC1. The van der Waals surface area contributed by atoms with Crippen molar-refractivity contribution in [3.63, 3.8) is 0 Å². The highest BCUT2D eigenvalue weighted by atomic mass is 16.2. The van der Waals surface area contributed by atoms with Crippen LogP contribution >= 0.6 is 0 Å². The van der Waals surface area contributed by atoms with E-state index in [1.165, 1.54) is 25.7 Å². The van der Waals surface area contributed by atoms with Crippen LogP contribution in [0.1, 0.15) is 66.2 Å². The van der Waals surface area contributed by atoms with E-state index in [-0.39, 0.29) is 11.9 Å². The summed E-state index contributed by atoms with van der Waals surface area (Å²) in [6, 6.07) is 0.948. The molecule has 2 saturated carbocycles. The van der Waals surface area contributed by atoms with Gasteiger partial charge in [-0.1, -0.05) is 20.8 Å². The molecule has 1 amide bonds. The topological polar surface area (TPSA) is 41.1 Å². The fourth-order valence-corrected chi connectivity index (χ4v) is 3.11. The Hall–Kier alpha value is -0.570. The molecule has 0 aliphatic heterocycles. The lowest BCUT2D eigenvalue weighted by Gasteiger charge is -2.37. The number of nitrogens with one attached hydrogen (secondary N) is 2. The van der Waals surface area contributed by atoms with Crippen LogP contribution in [-0.2, 0) is 4.79 Å². The Balaban J connectivity index is 1.71. The van der Waals surface area contributed by atoms with Crippen molar-refractivity contribution in [2.24, 2.45) is 11.3 Å². The fraction of sp³-hybridized carbons (Fsp3) is 0.938. The molecule has 110 valence electrons. The van der Waals surface area contributed by atoms with Crippen molar-refractivity contribution in [3.05, 3.63) is 0 Å². The number of carbonyl (C=O) groups excluding carboxylic acids is 1. The zero-order valence-corrected chi connectivity index (χ0v) is 13.0. The molecule has 0 saturated heterocycles. The molecule has 0 aromatic carbocycles. The van der Waals surface area contributed by atoms with Gasteiger partial charge in [0.1, 0.15) is 0 Å². The van der Waals surface area contributed by atoms with Gasteiger partial charge in [0.15, 0.2) is 0 Å². The first-order valence-corrected chi connectivity index (χ1v) is 7.92. The molecular formula is C16H30N2O. The molecule has 2 fully saturated rings. The highest BCUT2D eigenvalue weighted by molar-refractivity contribution is 5.81. The van der Waals surface area contributed by atoms with Crippen molar-refractivity contribution in [1.29, 1.82) is 0 Å². The lowest BCUT2D eigenvalue weighted by molar-refractivity contribution is -0.123. The summed E-state index contributed by atoms with van der Waals surface area (Å²) in [5.74, 6) is 1.02. The number of hydrogen-bond acceptors (Lipinski definition) is 2. The Kier molecular flexibility index (Phi) is 4.54. The lowest BCUT2D eigenvalue weighted by atomic mass is 9.71. The zero-order chi connectivity index (χ0) is 14.0. The van der Waals surface area contributed by atoms with E-state index in [0.717, 1.165) is 18.8 Å². The van der Waals surface area contributed by atoms with E-state index in [0.29, 0.717) is 17.5 Å². The van der Waals surface area contributed by atoms with Gasteiger partial charge in [0.2, 0.25) is 5.91 Å². The summed E-state index contributed by atoms with van der Waals surface area (Å²) < 4.78 is 0. The summed E-state index contributed by atoms with van der Waals surface area (Å²) in [7, 11) is 0. The summed E-state index contributed by atoms with van der Waals surface area (Å²) in [4.78, 5) is 11.9. The van der Waals surface area contributed by atoms with Gasteiger partial charge in [0, 0.05) is 12.1 Å². The Morgan fingerprint density at radius 2 is 1.53 bits per heavy atom. The molecule has 0 aromatic heterocycles. The van der Waals surface area contributed by atoms with Crippen LogP contribution in [0, 0.1) is 11.3 Å². The normalized spacial score (nSPS) is 29.9. The second kappa shape index (κ2) is 5.82. The van der Waals surface area contributed by atoms with Crippen molar-refractivity contribution in [2.45, 2.75) is 84.3 Å². The maximum absolute atomic E-state index is 11.9. The summed E-state index contributed by atoms with van der Waals surface area (Å²) in [6.07, 6.45) is 7.33. The van der Waals surface area contributed by atoms with Crippen LogP contribution in [0.2, 0.25) is 0 Å². The summed E-state index contributed by atoms with van der Waals surface area (Å²) in [5.41, 5.74) is 0.430. The van der Waals surface area contributed by atoms with Crippen LogP contribution in [0.15, 0.2) is 0 Å². The van der Waals surface area contributed by atoms with E-state index in [2.05, 4.69) is 31.4 Å². The molecule has 1 atom stereocenters. The average Bonchev–Trinajstić information content (AvgIpc) is 3.12. The van der Waals surface area contributed by atoms with E-state index in [1.807, 2.05) is 6.92 Å². The van der Waals surface area contributed by atoms with Crippen LogP contribution in [0.5, 0.6) is 0 Å². The Morgan fingerprint density at radius 3 is 2.00 bits per heavy atom. The predicted octanol–water partition coefficient (Wildman–Crippen LogP) is 2.85. The Labute approximate surface area is 117 Å². The monoisotopic (exact) mass is 266 g/mol. The Morgan fingerprint density at radius 1 is 1.00 bits per heavy atom. The van der Waals surface area contributed by atoms with E-state index >= 15 is 0 Å². The molecule has 0 spiro atoms. The minimum atomic E-state index is -0.0446. The predicted molar refractivity (Wildman–Crippen MR) is 79.0 cm³/mol. The first kappa shape index (κ1) is 14.8. The second-order valence-electron chi connectivity index (χ2n) is 7.59. The first-order chi connectivity index (χ1) is 8.86. The number of amides is 1. The summed E-state index contributed by atoms with van der Waals surface area (Å²) in [5, 5.41) is 6.59. The molecular weight excluding hydrogens is 236 g/mol. The van der Waals surface area contributed by atoms with Gasteiger partial charge in [-0.15, -0.1) is 0 Å². The van der Waals surface area contributed by atoms with Gasteiger partial charge in [-0.25, -0.2) is 0 Å². The molecule has 3 nitrogen and oxygen atoms in total. The molecule has 1 unspecified atom stereocenters. The van der Waals surface area contributed by atoms with Gasteiger partial charge in [0.05, 0.1) is 6.04 Å². The van der Waals surface area contributed by atoms with Gasteiger partial charge in [0.25, 0.3) is 0 Å². The van der Waals surface area contributed by atoms with Crippen LogP contribution in [0.4, 0.5) is 0 Å². The van der Waals surface area contributed by atoms with Gasteiger partial charge >= 0.3 is 0 Å².